The van der Waals surface area contributed by atoms with Crippen molar-refractivity contribution in [3.63, 3.8) is 0 Å². The lowest BCUT2D eigenvalue weighted by Gasteiger charge is -1.97. The number of aromatic nitrogens is 2. The minimum absolute atomic E-state index is 0.535. The van der Waals surface area contributed by atoms with Crippen LogP contribution in [-0.2, 0) is 0 Å². The van der Waals surface area contributed by atoms with Crippen LogP contribution in [0.3, 0.4) is 0 Å². The molecule has 0 amide bonds. The van der Waals surface area contributed by atoms with E-state index in [0.717, 1.165) is 16.8 Å². The molecule has 0 aliphatic rings. The highest BCUT2D eigenvalue weighted by atomic mass is 35.5. The maximum atomic E-state index is 9.39. The Morgan fingerprint density at radius 1 is 1.14 bits per heavy atom. The maximum absolute atomic E-state index is 9.39. The van der Waals surface area contributed by atoms with Crippen LogP contribution >= 0.6 is 22.9 Å². The molecule has 3 aromatic rings. The lowest BCUT2D eigenvalue weighted by atomic mass is 10.1. The highest BCUT2D eigenvalue weighted by Crippen LogP contribution is 2.27. The Hall–Kier alpha value is -2.48. The molecule has 0 atom stereocenters. The first-order valence-corrected chi connectivity index (χ1v) is 7.76. The predicted molar refractivity (Wildman–Crippen MR) is 90.3 cm³/mol. The smallest absolute Gasteiger partial charge is 0.134 e. The Morgan fingerprint density at radius 2 is 1.86 bits per heavy atom. The van der Waals surface area contributed by atoms with E-state index in [1.165, 1.54) is 11.3 Å². The summed E-state index contributed by atoms with van der Waals surface area (Å²) in [6, 6.07) is 13.3. The summed E-state index contributed by atoms with van der Waals surface area (Å²) in [6.45, 7) is 0. The number of nitriles is 1. The molecule has 0 unspecified atom stereocenters. The first-order chi connectivity index (χ1) is 10.8. The number of rotatable bonds is 3. The quantitative estimate of drug-likeness (QED) is 0.642. The standard InChI is InChI=1S/C17H10ClN3S/c18-15-3-1-12(2-4-15)9-14(10-19)17-21-16(11-22-17)13-5-7-20-8-6-13/h1-9,11H/b14-9-. The number of allylic oxidation sites excluding steroid dienone is 1. The minimum atomic E-state index is 0.535. The third-order valence-corrected chi connectivity index (χ3v) is 4.14. The lowest BCUT2D eigenvalue weighted by Crippen LogP contribution is -1.83. The summed E-state index contributed by atoms with van der Waals surface area (Å²) in [4.78, 5) is 8.53. The molecule has 0 spiro atoms. The number of thiazole rings is 1. The maximum Gasteiger partial charge on any atom is 0.134 e. The van der Waals surface area contributed by atoms with Gasteiger partial charge in [0.2, 0.25) is 0 Å². The average Bonchev–Trinajstić information content (AvgIpc) is 3.05. The summed E-state index contributed by atoms with van der Waals surface area (Å²) in [6.07, 6.45) is 5.26. The molecule has 0 fully saturated rings. The van der Waals surface area contributed by atoms with Crippen LogP contribution in [0.25, 0.3) is 22.9 Å². The molecule has 0 aliphatic carbocycles. The summed E-state index contributed by atoms with van der Waals surface area (Å²) in [7, 11) is 0. The van der Waals surface area contributed by atoms with E-state index < -0.39 is 0 Å². The van der Waals surface area contributed by atoms with Crippen molar-refractivity contribution >= 4 is 34.6 Å². The van der Waals surface area contributed by atoms with Gasteiger partial charge < -0.3 is 0 Å². The van der Waals surface area contributed by atoms with Crippen molar-refractivity contribution in [2.45, 2.75) is 0 Å². The van der Waals surface area contributed by atoms with Crippen molar-refractivity contribution < 1.29 is 0 Å². The second-order valence-corrected chi connectivity index (χ2v) is 5.79. The van der Waals surface area contributed by atoms with Crippen LogP contribution in [-0.4, -0.2) is 9.97 Å². The van der Waals surface area contributed by atoms with Crippen molar-refractivity contribution in [1.82, 2.24) is 9.97 Å². The molecule has 3 nitrogen and oxygen atoms in total. The number of nitrogens with zero attached hydrogens (tertiary/aromatic N) is 3. The number of hydrogen-bond donors (Lipinski definition) is 0. The summed E-state index contributed by atoms with van der Waals surface area (Å²) >= 11 is 7.32. The van der Waals surface area contributed by atoms with Gasteiger partial charge in [0.15, 0.2) is 0 Å². The monoisotopic (exact) mass is 323 g/mol. The molecule has 1 aromatic carbocycles. The lowest BCUT2D eigenvalue weighted by molar-refractivity contribution is 1.31. The molecule has 22 heavy (non-hydrogen) atoms. The molecule has 0 radical (unpaired) electrons. The van der Waals surface area contributed by atoms with Gasteiger partial charge in [-0.1, -0.05) is 23.7 Å². The zero-order valence-electron chi connectivity index (χ0n) is 11.4. The summed E-state index contributed by atoms with van der Waals surface area (Å²) in [5.41, 5.74) is 3.29. The van der Waals surface area contributed by atoms with E-state index in [-0.39, 0.29) is 0 Å². The van der Waals surface area contributed by atoms with Gasteiger partial charge in [0.25, 0.3) is 0 Å². The summed E-state index contributed by atoms with van der Waals surface area (Å²) in [5, 5.41) is 12.7. The molecule has 0 saturated heterocycles. The van der Waals surface area contributed by atoms with Gasteiger partial charge >= 0.3 is 0 Å². The Bertz CT molecular complexity index is 846. The Balaban J connectivity index is 1.94. The second kappa shape index (κ2) is 6.52. The van der Waals surface area contributed by atoms with E-state index in [2.05, 4.69) is 16.0 Å². The zero-order valence-corrected chi connectivity index (χ0v) is 13.0. The molecule has 0 saturated carbocycles. The molecule has 2 heterocycles. The van der Waals surface area contributed by atoms with E-state index in [0.29, 0.717) is 15.6 Å². The van der Waals surface area contributed by atoms with Crippen molar-refractivity contribution in [2.75, 3.05) is 0 Å². The molecule has 0 bridgehead atoms. The summed E-state index contributed by atoms with van der Waals surface area (Å²) in [5.74, 6) is 0. The average molecular weight is 324 g/mol. The van der Waals surface area contributed by atoms with Gasteiger partial charge in [-0.25, -0.2) is 4.98 Å². The highest BCUT2D eigenvalue weighted by molar-refractivity contribution is 7.11. The Labute approximate surface area is 137 Å². The molecule has 0 aliphatic heterocycles. The summed E-state index contributed by atoms with van der Waals surface area (Å²) < 4.78 is 0. The molecule has 106 valence electrons. The second-order valence-electron chi connectivity index (χ2n) is 4.50. The van der Waals surface area contributed by atoms with Gasteiger partial charge in [-0.3, -0.25) is 4.98 Å². The van der Waals surface area contributed by atoms with Gasteiger partial charge in [0.05, 0.1) is 11.3 Å². The van der Waals surface area contributed by atoms with Gasteiger partial charge in [-0.15, -0.1) is 11.3 Å². The van der Waals surface area contributed by atoms with Crippen molar-refractivity contribution in [3.8, 4) is 17.3 Å². The third-order valence-electron chi connectivity index (χ3n) is 3.01. The minimum Gasteiger partial charge on any atom is -0.265 e. The molecule has 3 rings (SSSR count). The van der Waals surface area contributed by atoms with Crippen LogP contribution in [0.2, 0.25) is 5.02 Å². The first-order valence-electron chi connectivity index (χ1n) is 6.50. The number of halogens is 1. The first kappa shape index (κ1) is 14.5. The topological polar surface area (TPSA) is 49.6 Å². The van der Waals surface area contributed by atoms with Crippen LogP contribution in [0.4, 0.5) is 0 Å². The molecule has 5 heteroatoms. The van der Waals surface area contributed by atoms with Crippen molar-refractivity contribution in [2.24, 2.45) is 0 Å². The fourth-order valence-corrected chi connectivity index (χ4v) is 2.84. The Morgan fingerprint density at radius 3 is 2.55 bits per heavy atom. The van der Waals surface area contributed by atoms with Crippen LogP contribution in [0.5, 0.6) is 0 Å². The molecule has 0 N–H and O–H groups in total. The number of benzene rings is 1. The largest absolute Gasteiger partial charge is 0.265 e. The fraction of sp³-hybridized carbons (Fsp3) is 0. The van der Waals surface area contributed by atoms with Crippen LogP contribution in [0, 0.1) is 11.3 Å². The van der Waals surface area contributed by atoms with Gasteiger partial charge in [0.1, 0.15) is 11.1 Å². The van der Waals surface area contributed by atoms with Gasteiger partial charge in [0, 0.05) is 28.4 Å². The van der Waals surface area contributed by atoms with E-state index in [1.54, 1.807) is 24.5 Å². The third kappa shape index (κ3) is 3.22. The van der Waals surface area contributed by atoms with Crippen LogP contribution in [0.1, 0.15) is 10.6 Å². The number of pyridine rings is 1. The van der Waals surface area contributed by atoms with Crippen LogP contribution < -0.4 is 0 Å². The number of hydrogen-bond acceptors (Lipinski definition) is 4. The van der Waals surface area contributed by atoms with E-state index in [1.807, 2.05) is 35.7 Å². The predicted octanol–water partition coefficient (Wildman–Crippen LogP) is 4.92. The zero-order chi connectivity index (χ0) is 15.4. The van der Waals surface area contributed by atoms with E-state index >= 15 is 0 Å². The molecular weight excluding hydrogens is 314 g/mol. The fourth-order valence-electron chi connectivity index (χ4n) is 1.92. The highest BCUT2D eigenvalue weighted by Gasteiger charge is 2.09. The SMILES string of the molecule is N#C/C(=C/c1ccc(Cl)cc1)c1nc(-c2ccncc2)cs1. The Kier molecular flexibility index (Phi) is 4.29. The van der Waals surface area contributed by atoms with Crippen LogP contribution in [0.15, 0.2) is 54.2 Å². The van der Waals surface area contributed by atoms with E-state index in [9.17, 15) is 5.26 Å². The van der Waals surface area contributed by atoms with Gasteiger partial charge in [-0.2, -0.15) is 5.26 Å². The normalized spacial score (nSPS) is 11.2. The molecule has 2 aromatic heterocycles. The van der Waals surface area contributed by atoms with Gasteiger partial charge in [-0.05, 0) is 35.9 Å². The van der Waals surface area contributed by atoms with Crippen molar-refractivity contribution in [3.05, 3.63) is 69.8 Å². The van der Waals surface area contributed by atoms with E-state index in [4.69, 9.17) is 11.6 Å². The van der Waals surface area contributed by atoms with Crippen molar-refractivity contribution in [1.29, 1.82) is 5.26 Å². The molecular formula is C17H10ClN3S.